The van der Waals surface area contributed by atoms with E-state index in [1.165, 1.54) is 0 Å². The Bertz CT molecular complexity index is 442. The first-order valence-corrected chi connectivity index (χ1v) is 6.20. The van der Waals surface area contributed by atoms with Crippen LogP contribution in [0.5, 0.6) is 0 Å². The zero-order chi connectivity index (χ0) is 13.0. The summed E-state index contributed by atoms with van der Waals surface area (Å²) in [5, 5.41) is 9.25. The minimum atomic E-state index is -0.407. The monoisotopic (exact) mass is 251 g/mol. The third-order valence-electron chi connectivity index (χ3n) is 2.86. The summed E-state index contributed by atoms with van der Waals surface area (Å²) >= 11 is 0. The largest absolute Gasteiger partial charge is 0.359 e. The predicted octanol–water partition coefficient (Wildman–Crippen LogP) is 0.522. The zero-order valence-corrected chi connectivity index (χ0v) is 10.4. The summed E-state index contributed by atoms with van der Waals surface area (Å²) in [7, 11) is 0. The minimum Gasteiger partial charge on any atom is -0.359 e. The molecule has 6 heteroatoms. The van der Waals surface area contributed by atoms with Gasteiger partial charge >= 0.3 is 0 Å². The van der Waals surface area contributed by atoms with Crippen LogP contribution in [0.3, 0.4) is 0 Å². The van der Waals surface area contributed by atoms with Gasteiger partial charge in [-0.1, -0.05) is 18.5 Å². The zero-order valence-electron chi connectivity index (χ0n) is 10.4. The highest BCUT2D eigenvalue weighted by atomic mass is 16.5. The van der Waals surface area contributed by atoms with E-state index in [4.69, 9.17) is 4.52 Å². The molecule has 2 heterocycles. The molecule has 1 saturated heterocycles. The van der Waals surface area contributed by atoms with Gasteiger partial charge in [-0.3, -0.25) is 9.59 Å². The SMILES string of the molecule is CCCc1cc(CNC(=O)[C@@H]2CCC(=O)N2)on1. The van der Waals surface area contributed by atoms with Crippen LogP contribution in [-0.2, 0) is 22.6 Å². The molecule has 0 aliphatic carbocycles. The number of amides is 2. The highest BCUT2D eigenvalue weighted by Crippen LogP contribution is 2.08. The number of rotatable bonds is 5. The summed E-state index contributed by atoms with van der Waals surface area (Å²) in [4.78, 5) is 22.7. The van der Waals surface area contributed by atoms with Gasteiger partial charge < -0.3 is 15.2 Å². The van der Waals surface area contributed by atoms with Crippen LogP contribution >= 0.6 is 0 Å². The van der Waals surface area contributed by atoms with Gasteiger partial charge in [-0.2, -0.15) is 0 Å². The molecule has 1 aliphatic heterocycles. The first kappa shape index (κ1) is 12.6. The molecule has 1 aromatic heterocycles. The van der Waals surface area contributed by atoms with Gasteiger partial charge in [-0.25, -0.2) is 0 Å². The standard InChI is InChI=1S/C12H17N3O3/c1-2-3-8-6-9(18-15-8)7-13-12(17)10-4-5-11(16)14-10/h6,10H,2-5,7H2,1H3,(H,13,17)(H,14,16)/t10-/m0/s1. The molecule has 2 rings (SSSR count). The minimum absolute atomic E-state index is 0.0694. The van der Waals surface area contributed by atoms with E-state index in [-0.39, 0.29) is 11.8 Å². The summed E-state index contributed by atoms with van der Waals surface area (Å²) in [5.41, 5.74) is 0.899. The summed E-state index contributed by atoms with van der Waals surface area (Å²) in [6, 6.07) is 1.44. The molecule has 0 radical (unpaired) electrons. The number of aryl methyl sites for hydroxylation is 1. The Balaban J connectivity index is 1.79. The normalized spacial score (nSPS) is 18.7. The lowest BCUT2D eigenvalue weighted by Crippen LogP contribution is -2.41. The van der Waals surface area contributed by atoms with Crippen LogP contribution in [0.15, 0.2) is 10.6 Å². The smallest absolute Gasteiger partial charge is 0.242 e. The van der Waals surface area contributed by atoms with E-state index in [0.29, 0.717) is 25.1 Å². The van der Waals surface area contributed by atoms with Crippen molar-refractivity contribution in [1.82, 2.24) is 15.8 Å². The van der Waals surface area contributed by atoms with E-state index in [1.54, 1.807) is 0 Å². The van der Waals surface area contributed by atoms with Crippen LogP contribution in [0.25, 0.3) is 0 Å². The number of nitrogens with one attached hydrogen (secondary N) is 2. The van der Waals surface area contributed by atoms with Crippen molar-refractivity contribution in [3.8, 4) is 0 Å². The number of aromatic nitrogens is 1. The van der Waals surface area contributed by atoms with E-state index < -0.39 is 6.04 Å². The number of nitrogens with zero attached hydrogens (tertiary/aromatic N) is 1. The number of carbonyl (C=O) groups is 2. The maximum Gasteiger partial charge on any atom is 0.242 e. The van der Waals surface area contributed by atoms with Crippen molar-refractivity contribution in [3.63, 3.8) is 0 Å². The summed E-state index contributed by atoms with van der Waals surface area (Å²) in [6.07, 6.45) is 2.85. The average Bonchev–Trinajstić information content (AvgIpc) is 2.96. The average molecular weight is 251 g/mol. The summed E-state index contributed by atoms with van der Waals surface area (Å²) in [5.74, 6) is 0.394. The second-order valence-corrected chi connectivity index (χ2v) is 4.41. The van der Waals surface area contributed by atoms with Gasteiger partial charge in [0.1, 0.15) is 6.04 Å². The van der Waals surface area contributed by atoms with E-state index in [9.17, 15) is 9.59 Å². The molecule has 2 amide bonds. The Morgan fingerprint density at radius 1 is 1.67 bits per heavy atom. The van der Waals surface area contributed by atoms with Gasteiger partial charge in [-0.05, 0) is 12.8 Å². The second-order valence-electron chi connectivity index (χ2n) is 4.41. The quantitative estimate of drug-likeness (QED) is 0.799. The predicted molar refractivity (Wildman–Crippen MR) is 63.5 cm³/mol. The van der Waals surface area contributed by atoms with Crippen LogP contribution in [0.4, 0.5) is 0 Å². The third kappa shape index (κ3) is 3.09. The van der Waals surface area contributed by atoms with Crippen molar-refractivity contribution < 1.29 is 14.1 Å². The van der Waals surface area contributed by atoms with E-state index in [0.717, 1.165) is 18.5 Å². The van der Waals surface area contributed by atoms with Gasteiger partial charge in [0.25, 0.3) is 0 Å². The lowest BCUT2D eigenvalue weighted by molar-refractivity contribution is -0.125. The lowest BCUT2D eigenvalue weighted by atomic mass is 10.2. The maximum absolute atomic E-state index is 11.7. The van der Waals surface area contributed by atoms with Crippen LogP contribution < -0.4 is 10.6 Å². The molecule has 0 unspecified atom stereocenters. The molecule has 1 aliphatic rings. The molecule has 98 valence electrons. The molecule has 0 bridgehead atoms. The summed E-state index contributed by atoms with van der Waals surface area (Å²) < 4.78 is 5.10. The Labute approximate surface area is 105 Å². The number of hydrogen-bond acceptors (Lipinski definition) is 4. The van der Waals surface area contributed by atoms with E-state index >= 15 is 0 Å². The molecule has 1 fully saturated rings. The fourth-order valence-corrected chi connectivity index (χ4v) is 1.92. The van der Waals surface area contributed by atoms with E-state index in [2.05, 4.69) is 22.7 Å². The van der Waals surface area contributed by atoms with Gasteiger partial charge in [0.2, 0.25) is 11.8 Å². The van der Waals surface area contributed by atoms with Crippen molar-refractivity contribution in [2.24, 2.45) is 0 Å². The Morgan fingerprint density at radius 2 is 2.50 bits per heavy atom. The van der Waals surface area contributed by atoms with Crippen molar-refractivity contribution in [2.75, 3.05) is 0 Å². The lowest BCUT2D eigenvalue weighted by Gasteiger charge is -2.09. The molecule has 6 nitrogen and oxygen atoms in total. The van der Waals surface area contributed by atoms with Crippen LogP contribution in [-0.4, -0.2) is 23.0 Å². The van der Waals surface area contributed by atoms with Gasteiger partial charge in [0.05, 0.1) is 12.2 Å². The van der Waals surface area contributed by atoms with Gasteiger partial charge in [-0.15, -0.1) is 0 Å². The van der Waals surface area contributed by atoms with Crippen molar-refractivity contribution >= 4 is 11.8 Å². The molecule has 2 N–H and O–H groups in total. The molecule has 0 spiro atoms. The Kier molecular flexibility index (Phi) is 3.96. The van der Waals surface area contributed by atoms with Crippen LogP contribution in [0.1, 0.15) is 37.6 Å². The molecule has 1 atom stereocenters. The van der Waals surface area contributed by atoms with Crippen LogP contribution in [0, 0.1) is 0 Å². The number of hydrogen-bond donors (Lipinski definition) is 2. The summed E-state index contributed by atoms with van der Waals surface area (Å²) in [6.45, 7) is 2.38. The topological polar surface area (TPSA) is 84.2 Å². The highest BCUT2D eigenvalue weighted by molar-refractivity contribution is 5.90. The Morgan fingerprint density at radius 3 is 3.17 bits per heavy atom. The molecule has 0 aromatic carbocycles. The van der Waals surface area contributed by atoms with Crippen LogP contribution in [0.2, 0.25) is 0 Å². The molecular formula is C12H17N3O3. The molecule has 1 aromatic rings. The van der Waals surface area contributed by atoms with Gasteiger partial charge in [0.15, 0.2) is 5.76 Å². The fraction of sp³-hybridized carbons (Fsp3) is 0.583. The first-order valence-electron chi connectivity index (χ1n) is 6.20. The third-order valence-corrected chi connectivity index (χ3v) is 2.86. The van der Waals surface area contributed by atoms with Gasteiger partial charge in [0, 0.05) is 12.5 Å². The molecular weight excluding hydrogens is 234 g/mol. The van der Waals surface area contributed by atoms with E-state index in [1.807, 2.05) is 6.07 Å². The first-order chi connectivity index (χ1) is 8.69. The molecule has 18 heavy (non-hydrogen) atoms. The highest BCUT2D eigenvalue weighted by Gasteiger charge is 2.26. The number of carbonyl (C=O) groups excluding carboxylic acids is 2. The fourth-order valence-electron chi connectivity index (χ4n) is 1.92. The second kappa shape index (κ2) is 5.66. The van der Waals surface area contributed by atoms with Crippen molar-refractivity contribution in [2.45, 2.75) is 45.2 Å². The van der Waals surface area contributed by atoms with Crippen molar-refractivity contribution in [3.05, 3.63) is 17.5 Å². The Hall–Kier alpha value is -1.85. The maximum atomic E-state index is 11.7. The van der Waals surface area contributed by atoms with Crippen molar-refractivity contribution in [1.29, 1.82) is 0 Å². The molecule has 0 saturated carbocycles.